The lowest BCUT2D eigenvalue weighted by atomic mass is 10.2. The van der Waals surface area contributed by atoms with E-state index in [0.717, 1.165) is 36.3 Å². The Kier molecular flexibility index (Phi) is 8.36. The maximum Gasteiger partial charge on any atom is 0.319 e. The van der Waals surface area contributed by atoms with Crippen molar-refractivity contribution in [2.45, 2.75) is 52.6 Å². The predicted octanol–water partition coefficient (Wildman–Crippen LogP) is 3.46. The fourth-order valence-electron chi connectivity index (χ4n) is 2.01. The van der Waals surface area contributed by atoms with E-state index in [2.05, 4.69) is 17.6 Å². The monoisotopic (exact) mass is 308 g/mol. The van der Waals surface area contributed by atoms with Gasteiger partial charge in [-0.15, -0.1) is 0 Å². The Morgan fingerprint density at radius 2 is 2.09 bits per heavy atom. The second kappa shape index (κ2) is 10.1. The molecule has 1 aromatic rings. The second-order valence-corrected chi connectivity index (χ2v) is 5.46. The topological polar surface area (TPSA) is 70.6 Å². The number of urea groups is 1. The van der Waals surface area contributed by atoms with Crippen LogP contribution in [0.25, 0.3) is 0 Å². The van der Waals surface area contributed by atoms with Gasteiger partial charge < -0.3 is 20.5 Å². The summed E-state index contributed by atoms with van der Waals surface area (Å²) in [4.78, 5) is 11.8. The largest absolute Gasteiger partial charge is 0.494 e. The van der Waals surface area contributed by atoms with Crippen LogP contribution in [-0.2, 0) is 0 Å². The number of aliphatic hydroxyl groups is 1. The number of amides is 2. The summed E-state index contributed by atoms with van der Waals surface area (Å²) in [6.45, 7) is 7.01. The molecule has 3 N–H and O–H groups in total. The Balaban J connectivity index is 2.46. The van der Waals surface area contributed by atoms with Gasteiger partial charge in [-0.05, 0) is 43.5 Å². The number of nitrogens with one attached hydrogen (secondary N) is 2. The highest BCUT2D eigenvalue weighted by Gasteiger charge is 2.08. The van der Waals surface area contributed by atoms with Crippen molar-refractivity contribution in [2.75, 3.05) is 18.5 Å². The Bertz CT molecular complexity index is 463. The van der Waals surface area contributed by atoms with Gasteiger partial charge in [-0.25, -0.2) is 4.79 Å². The third kappa shape index (κ3) is 6.80. The zero-order valence-electron chi connectivity index (χ0n) is 13.8. The van der Waals surface area contributed by atoms with Crippen LogP contribution in [0.15, 0.2) is 18.2 Å². The van der Waals surface area contributed by atoms with Gasteiger partial charge in [0.15, 0.2) is 0 Å². The zero-order chi connectivity index (χ0) is 16.4. The minimum Gasteiger partial charge on any atom is -0.494 e. The number of anilines is 1. The lowest BCUT2D eigenvalue weighted by Crippen LogP contribution is -2.35. The Morgan fingerprint density at radius 1 is 1.32 bits per heavy atom. The highest BCUT2D eigenvalue weighted by molar-refractivity contribution is 5.90. The van der Waals surface area contributed by atoms with Crippen molar-refractivity contribution in [1.82, 2.24) is 5.32 Å². The number of benzene rings is 1. The molecule has 0 spiro atoms. The molecule has 0 fully saturated rings. The first-order valence-electron chi connectivity index (χ1n) is 8.03. The van der Waals surface area contributed by atoms with Crippen molar-refractivity contribution in [2.24, 2.45) is 0 Å². The first-order valence-corrected chi connectivity index (χ1v) is 8.03. The molecule has 0 bridgehead atoms. The van der Waals surface area contributed by atoms with Crippen LogP contribution in [0.5, 0.6) is 5.75 Å². The van der Waals surface area contributed by atoms with E-state index in [1.54, 1.807) is 0 Å². The molecule has 1 aromatic carbocycles. The summed E-state index contributed by atoms with van der Waals surface area (Å²) in [5.41, 5.74) is 1.68. The standard InChI is InChI=1S/C17H28N2O3/c1-4-6-10-22-15-8-9-16(13(3)11-15)19-17(21)18-12-14(20)7-5-2/h8-9,11,14,20H,4-7,10,12H2,1-3H3,(H2,18,19,21). The SMILES string of the molecule is CCCCOc1ccc(NC(=O)NCC(O)CCC)c(C)c1. The van der Waals surface area contributed by atoms with Crippen molar-refractivity contribution in [1.29, 1.82) is 0 Å². The van der Waals surface area contributed by atoms with E-state index in [1.807, 2.05) is 32.0 Å². The van der Waals surface area contributed by atoms with Crippen LogP contribution in [0.2, 0.25) is 0 Å². The molecule has 0 saturated heterocycles. The van der Waals surface area contributed by atoms with Gasteiger partial charge in [0.25, 0.3) is 0 Å². The van der Waals surface area contributed by atoms with Crippen molar-refractivity contribution in [3.8, 4) is 5.75 Å². The number of aliphatic hydroxyl groups excluding tert-OH is 1. The number of unbranched alkanes of at least 4 members (excludes halogenated alkanes) is 1. The molecule has 124 valence electrons. The van der Waals surface area contributed by atoms with Crippen LogP contribution in [0, 0.1) is 6.92 Å². The van der Waals surface area contributed by atoms with Gasteiger partial charge in [0, 0.05) is 12.2 Å². The van der Waals surface area contributed by atoms with E-state index in [1.165, 1.54) is 0 Å². The number of carbonyl (C=O) groups is 1. The molecular formula is C17H28N2O3. The molecule has 5 nitrogen and oxygen atoms in total. The molecule has 0 aromatic heterocycles. The first kappa shape index (κ1) is 18.3. The number of hydrogen-bond acceptors (Lipinski definition) is 3. The van der Waals surface area contributed by atoms with Crippen LogP contribution in [0.1, 0.15) is 45.1 Å². The highest BCUT2D eigenvalue weighted by atomic mass is 16.5. The van der Waals surface area contributed by atoms with Gasteiger partial charge in [-0.1, -0.05) is 26.7 Å². The van der Waals surface area contributed by atoms with E-state index >= 15 is 0 Å². The van der Waals surface area contributed by atoms with Gasteiger partial charge in [0.2, 0.25) is 0 Å². The third-order valence-corrected chi connectivity index (χ3v) is 3.33. The second-order valence-electron chi connectivity index (χ2n) is 5.46. The number of ether oxygens (including phenoxy) is 1. The molecule has 2 amide bonds. The quantitative estimate of drug-likeness (QED) is 0.612. The van der Waals surface area contributed by atoms with E-state index in [0.29, 0.717) is 13.0 Å². The average molecular weight is 308 g/mol. The molecule has 0 saturated carbocycles. The Morgan fingerprint density at radius 3 is 2.73 bits per heavy atom. The van der Waals surface area contributed by atoms with Crippen LogP contribution >= 0.6 is 0 Å². The van der Waals surface area contributed by atoms with E-state index in [9.17, 15) is 9.90 Å². The molecular weight excluding hydrogens is 280 g/mol. The first-order chi connectivity index (χ1) is 10.6. The van der Waals surface area contributed by atoms with Gasteiger partial charge >= 0.3 is 6.03 Å². The molecule has 1 rings (SSSR count). The molecule has 0 aliphatic rings. The zero-order valence-corrected chi connectivity index (χ0v) is 13.8. The van der Waals surface area contributed by atoms with Gasteiger partial charge in [0.1, 0.15) is 5.75 Å². The maximum atomic E-state index is 11.8. The molecule has 1 atom stereocenters. The summed E-state index contributed by atoms with van der Waals surface area (Å²) in [7, 11) is 0. The summed E-state index contributed by atoms with van der Waals surface area (Å²) in [6.07, 6.45) is 3.21. The third-order valence-electron chi connectivity index (χ3n) is 3.33. The minimum absolute atomic E-state index is 0.261. The highest BCUT2D eigenvalue weighted by Crippen LogP contribution is 2.21. The maximum absolute atomic E-state index is 11.8. The van der Waals surface area contributed by atoms with Crippen LogP contribution < -0.4 is 15.4 Å². The minimum atomic E-state index is -0.494. The molecule has 0 radical (unpaired) electrons. The van der Waals surface area contributed by atoms with E-state index < -0.39 is 6.10 Å². The lowest BCUT2D eigenvalue weighted by Gasteiger charge is -2.14. The number of hydrogen-bond donors (Lipinski definition) is 3. The normalized spacial score (nSPS) is 11.8. The fraction of sp³-hybridized carbons (Fsp3) is 0.588. The van der Waals surface area contributed by atoms with Crippen molar-refractivity contribution < 1.29 is 14.6 Å². The fourth-order valence-corrected chi connectivity index (χ4v) is 2.01. The van der Waals surface area contributed by atoms with Crippen molar-refractivity contribution in [3.63, 3.8) is 0 Å². The molecule has 0 heterocycles. The molecule has 22 heavy (non-hydrogen) atoms. The molecule has 5 heteroatoms. The Hall–Kier alpha value is -1.75. The van der Waals surface area contributed by atoms with Gasteiger partial charge in [-0.2, -0.15) is 0 Å². The average Bonchev–Trinajstić information content (AvgIpc) is 2.48. The molecule has 0 aliphatic heterocycles. The van der Waals surface area contributed by atoms with Crippen LogP contribution in [0.4, 0.5) is 10.5 Å². The number of rotatable bonds is 9. The van der Waals surface area contributed by atoms with E-state index in [4.69, 9.17) is 4.74 Å². The van der Waals surface area contributed by atoms with E-state index in [-0.39, 0.29) is 12.6 Å². The molecule has 1 unspecified atom stereocenters. The number of carbonyl (C=O) groups excluding carboxylic acids is 1. The summed E-state index contributed by atoms with van der Waals surface area (Å²) in [6, 6.07) is 5.29. The van der Waals surface area contributed by atoms with Gasteiger partial charge in [0.05, 0.1) is 12.7 Å². The predicted molar refractivity (Wildman–Crippen MR) is 89.5 cm³/mol. The summed E-state index contributed by atoms with van der Waals surface area (Å²) in [5.74, 6) is 0.815. The van der Waals surface area contributed by atoms with Crippen LogP contribution in [0.3, 0.4) is 0 Å². The Labute approximate surface area is 133 Å². The summed E-state index contributed by atoms with van der Waals surface area (Å²) >= 11 is 0. The molecule has 0 aliphatic carbocycles. The van der Waals surface area contributed by atoms with Crippen molar-refractivity contribution in [3.05, 3.63) is 23.8 Å². The number of aryl methyl sites for hydroxylation is 1. The summed E-state index contributed by atoms with van der Waals surface area (Å²) in [5, 5.41) is 15.1. The smallest absolute Gasteiger partial charge is 0.319 e. The van der Waals surface area contributed by atoms with Crippen molar-refractivity contribution >= 4 is 11.7 Å². The summed E-state index contributed by atoms with van der Waals surface area (Å²) < 4.78 is 5.63. The lowest BCUT2D eigenvalue weighted by molar-refractivity contribution is 0.162. The van der Waals surface area contributed by atoms with Gasteiger partial charge in [-0.3, -0.25) is 0 Å². The van der Waals surface area contributed by atoms with Crippen LogP contribution in [-0.4, -0.2) is 30.4 Å².